The molecule has 2 heterocycles. The fourth-order valence-corrected chi connectivity index (χ4v) is 2.15. The van der Waals surface area contributed by atoms with Gasteiger partial charge < -0.3 is 4.90 Å². The molecule has 0 saturated carbocycles. The van der Waals surface area contributed by atoms with Crippen LogP contribution in [0.2, 0.25) is 0 Å². The summed E-state index contributed by atoms with van der Waals surface area (Å²) in [5, 5.41) is 0. The third-order valence-corrected chi connectivity index (χ3v) is 3.13. The van der Waals surface area contributed by atoms with Gasteiger partial charge in [-0.05, 0) is 31.9 Å². The summed E-state index contributed by atoms with van der Waals surface area (Å²) in [6.07, 6.45) is 6.48. The molecule has 1 aromatic rings. The first kappa shape index (κ1) is 11.1. The number of aryl methyl sites for hydroxylation is 1. The predicted octanol–water partition coefficient (Wildman–Crippen LogP) is 2.41. The van der Waals surface area contributed by atoms with Gasteiger partial charge in [-0.15, -0.1) is 0 Å². The zero-order chi connectivity index (χ0) is 11.4. The number of likely N-dealkylation sites (tertiary alicyclic amines) is 1. The van der Waals surface area contributed by atoms with E-state index in [4.69, 9.17) is 0 Å². The lowest BCUT2D eigenvalue weighted by Crippen LogP contribution is -2.32. The quantitative estimate of drug-likeness (QED) is 0.725. The smallest absolute Gasteiger partial charge is 0.255 e. The second-order valence-electron chi connectivity index (χ2n) is 4.34. The lowest BCUT2D eigenvalue weighted by molar-refractivity contribution is 0.0760. The van der Waals surface area contributed by atoms with Gasteiger partial charge in [-0.25, -0.2) is 0 Å². The molecule has 1 fully saturated rings. The van der Waals surface area contributed by atoms with Crippen molar-refractivity contribution in [3.63, 3.8) is 0 Å². The predicted molar refractivity (Wildman–Crippen MR) is 63.3 cm³/mol. The average Bonchev–Trinajstić information content (AvgIpc) is 2.57. The van der Waals surface area contributed by atoms with Crippen LogP contribution in [0.1, 0.15) is 41.7 Å². The SMILES string of the molecule is Cc1ncccc1C(=O)N1CCCCCC1. The van der Waals surface area contributed by atoms with Crippen molar-refractivity contribution in [2.45, 2.75) is 32.6 Å². The third-order valence-electron chi connectivity index (χ3n) is 3.13. The van der Waals surface area contributed by atoms with Crippen LogP contribution < -0.4 is 0 Å². The maximum Gasteiger partial charge on any atom is 0.255 e. The monoisotopic (exact) mass is 218 g/mol. The largest absolute Gasteiger partial charge is 0.339 e. The van der Waals surface area contributed by atoms with Crippen LogP contribution in [0.4, 0.5) is 0 Å². The van der Waals surface area contributed by atoms with Crippen LogP contribution in [-0.2, 0) is 0 Å². The van der Waals surface area contributed by atoms with Crippen molar-refractivity contribution in [3.05, 3.63) is 29.6 Å². The van der Waals surface area contributed by atoms with E-state index in [1.807, 2.05) is 24.0 Å². The van der Waals surface area contributed by atoms with E-state index in [0.29, 0.717) is 0 Å². The Morgan fingerprint density at radius 3 is 2.56 bits per heavy atom. The molecule has 1 aromatic heterocycles. The van der Waals surface area contributed by atoms with Crippen LogP contribution in [0.3, 0.4) is 0 Å². The van der Waals surface area contributed by atoms with Crippen molar-refractivity contribution in [3.8, 4) is 0 Å². The zero-order valence-electron chi connectivity index (χ0n) is 9.78. The van der Waals surface area contributed by atoms with Gasteiger partial charge in [-0.2, -0.15) is 0 Å². The van der Waals surface area contributed by atoms with Crippen LogP contribution >= 0.6 is 0 Å². The molecule has 3 heteroatoms. The fourth-order valence-electron chi connectivity index (χ4n) is 2.15. The van der Waals surface area contributed by atoms with Gasteiger partial charge in [-0.3, -0.25) is 9.78 Å². The maximum atomic E-state index is 12.3. The number of hydrogen-bond acceptors (Lipinski definition) is 2. The van der Waals surface area contributed by atoms with Crippen LogP contribution in [-0.4, -0.2) is 28.9 Å². The minimum absolute atomic E-state index is 0.146. The molecule has 0 aliphatic carbocycles. The zero-order valence-corrected chi connectivity index (χ0v) is 9.78. The van der Waals surface area contributed by atoms with Crippen LogP contribution in [0.25, 0.3) is 0 Å². The minimum Gasteiger partial charge on any atom is -0.339 e. The van der Waals surface area contributed by atoms with Gasteiger partial charge in [0.15, 0.2) is 0 Å². The van der Waals surface area contributed by atoms with E-state index in [2.05, 4.69) is 4.98 Å². The van der Waals surface area contributed by atoms with Gasteiger partial charge in [-0.1, -0.05) is 12.8 Å². The molecule has 16 heavy (non-hydrogen) atoms. The summed E-state index contributed by atoms with van der Waals surface area (Å²) >= 11 is 0. The molecular formula is C13H18N2O. The lowest BCUT2D eigenvalue weighted by Gasteiger charge is -2.20. The summed E-state index contributed by atoms with van der Waals surface area (Å²) in [6, 6.07) is 3.70. The summed E-state index contributed by atoms with van der Waals surface area (Å²) in [6.45, 7) is 3.69. The van der Waals surface area contributed by atoms with Crippen LogP contribution in [0, 0.1) is 6.92 Å². The Kier molecular flexibility index (Phi) is 3.54. The van der Waals surface area contributed by atoms with Gasteiger partial charge in [0.25, 0.3) is 5.91 Å². The fraction of sp³-hybridized carbons (Fsp3) is 0.538. The first-order valence-corrected chi connectivity index (χ1v) is 6.00. The summed E-state index contributed by atoms with van der Waals surface area (Å²) in [5.74, 6) is 0.146. The van der Waals surface area contributed by atoms with Crippen molar-refractivity contribution in [2.75, 3.05) is 13.1 Å². The maximum absolute atomic E-state index is 12.3. The molecule has 1 saturated heterocycles. The number of nitrogens with zero attached hydrogens (tertiary/aromatic N) is 2. The molecule has 0 unspecified atom stereocenters. The third kappa shape index (κ3) is 2.40. The van der Waals surface area contributed by atoms with Gasteiger partial charge in [0.05, 0.1) is 5.56 Å². The number of rotatable bonds is 1. The highest BCUT2D eigenvalue weighted by Crippen LogP contribution is 2.14. The first-order chi connectivity index (χ1) is 7.79. The van der Waals surface area contributed by atoms with E-state index in [9.17, 15) is 4.79 Å². The molecule has 0 atom stereocenters. The van der Waals surface area contributed by atoms with Crippen molar-refractivity contribution >= 4 is 5.91 Å². The molecular weight excluding hydrogens is 200 g/mol. The summed E-state index contributed by atoms with van der Waals surface area (Å²) in [7, 11) is 0. The van der Waals surface area contributed by atoms with E-state index in [1.165, 1.54) is 12.8 Å². The first-order valence-electron chi connectivity index (χ1n) is 6.00. The molecule has 1 aliphatic heterocycles. The van der Waals surface area contributed by atoms with E-state index >= 15 is 0 Å². The number of amides is 1. The van der Waals surface area contributed by atoms with Crippen molar-refractivity contribution in [1.29, 1.82) is 0 Å². The molecule has 86 valence electrons. The highest BCUT2D eigenvalue weighted by atomic mass is 16.2. The van der Waals surface area contributed by atoms with Gasteiger partial charge in [0, 0.05) is 25.0 Å². The molecule has 0 N–H and O–H groups in total. The van der Waals surface area contributed by atoms with Crippen LogP contribution in [0.5, 0.6) is 0 Å². The highest BCUT2D eigenvalue weighted by molar-refractivity contribution is 5.95. The molecule has 0 spiro atoms. The van der Waals surface area contributed by atoms with Crippen molar-refractivity contribution in [1.82, 2.24) is 9.88 Å². The molecule has 0 radical (unpaired) electrons. The Hall–Kier alpha value is -1.38. The summed E-state index contributed by atoms with van der Waals surface area (Å²) in [5.41, 5.74) is 1.58. The topological polar surface area (TPSA) is 33.2 Å². The molecule has 3 nitrogen and oxygen atoms in total. The van der Waals surface area contributed by atoms with Crippen LogP contribution in [0.15, 0.2) is 18.3 Å². The Bertz CT molecular complexity index is 368. The standard InChI is InChI=1S/C13H18N2O/c1-11-12(7-6-8-14-11)13(16)15-9-4-2-3-5-10-15/h6-8H,2-5,9-10H2,1H3. The lowest BCUT2D eigenvalue weighted by atomic mass is 10.2. The van der Waals surface area contributed by atoms with Crippen molar-refractivity contribution < 1.29 is 4.79 Å². The normalized spacial score (nSPS) is 16.9. The molecule has 1 aliphatic rings. The summed E-state index contributed by atoms with van der Waals surface area (Å²) < 4.78 is 0. The van der Waals surface area contributed by atoms with Crippen molar-refractivity contribution in [2.24, 2.45) is 0 Å². The van der Waals surface area contributed by atoms with Gasteiger partial charge >= 0.3 is 0 Å². The highest BCUT2D eigenvalue weighted by Gasteiger charge is 2.18. The average molecular weight is 218 g/mol. The molecule has 0 bridgehead atoms. The molecule has 0 aromatic carbocycles. The molecule has 2 rings (SSSR count). The van der Waals surface area contributed by atoms with E-state index in [-0.39, 0.29) is 5.91 Å². The molecule has 1 amide bonds. The number of carbonyl (C=O) groups is 1. The number of carbonyl (C=O) groups excluding carboxylic acids is 1. The second-order valence-corrected chi connectivity index (χ2v) is 4.34. The van der Waals surface area contributed by atoms with E-state index in [0.717, 1.165) is 37.2 Å². The van der Waals surface area contributed by atoms with Gasteiger partial charge in [0.2, 0.25) is 0 Å². The number of hydrogen-bond donors (Lipinski definition) is 0. The van der Waals surface area contributed by atoms with Gasteiger partial charge in [0.1, 0.15) is 0 Å². The minimum atomic E-state index is 0.146. The Morgan fingerprint density at radius 1 is 1.25 bits per heavy atom. The van der Waals surface area contributed by atoms with E-state index < -0.39 is 0 Å². The summed E-state index contributed by atoms with van der Waals surface area (Å²) in [4.78, 5) is 18.4. The number of pyridine rings is 1. The Labute approximate surface area is 96.5 Å². The number of aromatic nitrogens is 1. The second kappa shape index (κ2) is 5.10. The Balaban J connectivity index is 2.14. The Morgan fingerprint density at radius 2 is 1.94 bits per heavy atom. The van der Waals surface area contributed by atoms with E-state index in [1.54, 1.807) is 6.20 Å².